The number of amides is 2. The maximum atomic E-state index is 12.7. The molecule has 2 aliphatic rings. The number of benzene rings is 1. The van der Waals surface area contributed by atoms with Crippen LogP contribution in [0, 0.1) is 12.8 Å². The van der Waals surface area contributed by atoms with Crippen molar-refractivity contribution in [1.29, 1.82) is 0 Å². The van der Waals surface area contributed by atoms with E-state index in [-0.39, 0.29) is 24.2 Å². The van der Waals surface area contributed by atoms with Crippen molar-refractivity contribution in [3.8, 4) is 5.75 Å². The molecule has 2 aliphatic heterocycles. The van der Waals surface area contributed by atoms with Gasteiger partial charge in [-0.25, -0.2) is 0 Å². The average molecular weight is 424 g/mol. The van der Waals surface area contributed by atoms with E-state index in [9.17, 15) is 9.59 Å². The Morgan fingerprint density at radius 3 is 2.45 bits per heavy atom. The van der Waals surface area contributed by atoms with Crippen molar-refractivity contribution in [2.75, 3.05) is 39.3 Å². The van der Waals surface area contributed by atoms with Crippen LogP contribution in [-0.4, -0.2) is 67.0 Å². The second-order valence-corrected chi connectivity index (χ2v) is 8.01. The van der Waals surface area contributed by atoms with Crippen LogP contribution < -0.4 is 10.1 Å². The largest absolute Gasteiger partial charge is 0.481 e. The van der Waals surface area contributed by atoms with Crippen LogP contribution in [0.2, 0.25) is 0 Å². The molecule has 162 valence electrons. The molecule has 1 atom stereocenters. The first-order valence-electron chi connectivity index (χ1n) is 10.5. The first-order chi connectivity index (χ1) is 13.5. The van der Waals surface area contributed by atoms with E-state index in [2.05, 4.69) is 5.32 Å². The number of piperazine rings is 1. The van der Waals surface area contributed by atoms with Crippen molar-refractivity contribution in [3.05, 3.63) is 29.8 Å². The van der Waals surface area contributed by atoms with Crippen LogP contribution in [0.1, 0.15) is 38.2 Å². The molecule has 2 fully saturated rings. The van der Waals surface area contributed by atoms with Crippen molar-refractivity contribution in [1.82, 2.24) is 15.1 Å². The highest BCUT2D eigenvalue weighted by Gasteiger charge is 2.28. The van der Waals surface area contributed by atoms with Gasteiger partial charge in [-0.3, -0.25) is 9.59 Å². The van der Waals surface area contributed by atoms with Crippen molar-refractivity contribution >= 4 is 24.2 Å². The Labute approximate surface area is 180 Å². The van der Waals surface area contributed by atoms with E-state index in [1.807, 2.05) is 41.0 Å². The smallest absolute Gasteiger partial charge is 0.263 e. The highest BCUT2D eigenvalue weighted by molar-refractivity contribution is 5.85. The lowest BCUT2D eigenvalue weighted by Gasteiger charge is -2.36. The number of carbonyl (C=O) groups excluding carboxylic acids is 2. The second-order valence-electron chi connectivity index (χ2n) is 8.01. The van der Waals surface area contributed by atoms with Crippen LogP contribution in [0.3, 0.4) is 0 Å². The standard InChI is InChI=1S/C22H33N3O3.ClH/c1-17-4-3-5-20(16-17)28-18(2)22(27)25-14-12-24(13-15-25)21(26)7-6-19-8-10-23-11-9-19;/h3-5,16,18-19,23H,6-15H2,1-2H3;1H. The van der Waals surface area contributed by atoms with E-state index in [0.717, 1.165) is 25.1 Å². The van der Waals surface area contributed by atoms with E-state index in [4.69, 9.17) is 4.74 Å². The van der Waals surface area contributed by atoms with Crippen molar-refractivity contribution in [3.63, 3.8) is 0 Å². The number of aryl methyl sites for hydroxylation is 1. The number of nitrogens with one attached hydrogen (secondary N) is 1. The predicted octanol–water partition coefficient (Wildman–Crippen LogP) is 2.63. The van der Waals surface area contributed by atoms with Gasteiger partial charge in [0, 0.05) is 32.6 Å². The van der Waals surface area contributed by atoms with Crippen LogP contribution >= 0.6 is 12.4 Å². The number of carbonyl (C=O) groups is 2. The summed E-state index contributed by atoms with van der Waals surface area (Å²) in [5.41, 5.74) is 1.11. The summed E-state index contributed by atoms with van der Waals surface area (Å²) in [6.07, 6.45) is 3.44. The van der Waals surface area contributed by atoms with Gasteiger partial charge in [-0.1, -0.05) is 12.1 Å². The van der Waals surface area contributed by atoms with Gasteiger partial charge in [-0.2, -0.15) is 0 Å². The molecule has 1 aromatic carbocycles. The number of halogens is 1. The molecule has 3 rings (SSSR count). The minimum absolute atomic E-state index is 0. The number of piperidine rings is 1. The highest BCUT2D eigenvalue weighted by atomic mass is 35.5. The Balaban J connectivity index is 0.00000300. The zero-order valence-corrected chi connectivity index (χ0v) is 18.4. The van der Waals surface area contributed by atoms with Crippen molar-refractivity contribution in [2.45, 2.75) is 45.6 Å². The number of ether oxygens (including phenoxy) is 1. The SMILES string of the molecule is Cc1cccc(OC(C)C(=O)N2CCN(C(=O)CCC3CCNCC3)CC2)c1.Cl. The fourth-order valence-corrected chi connectivity index (χ4v) is 4.03. The molecule has 2 heterocycles. The van der Waals surface area contributed by atoms with Crippen LogP contribution in [0.25, 0.3) is 0 Å². The number of hydrogen-bond acceptors (Lipinski definition) is 4. The summed E-state index contributed by atoms with van der Waals surface area (Å²) in [6, 6.07) is 7.73. The Morgan fingerprint density at radius 2 is 1.79 bits per heavy atom. The molecule has 0 radical (unpaired) electrons. The van der Waals surface area contributed by atoms with Gasteiger partial charge in [0.05, 0.1) is 0 Å². The summed E-state index contributed by atoms with van der Waals surface area (Å²) >= 11 is 0. The predicted molar refractivity (Wildman–Crippen MR) is 117 cm³/mol. The van der Waals surface area contributed by atoms with Crippen LogP contribution in [0.15, 0.2) is 24.3 Å². The van der Waals surface area contributed by atoms with E-state index in [1.165, 1.54) is 12.8 Å². The van der Waals surface area contributed by atoms with Crippen LogP contribution in [-0.2, 0) is 9.59 Å². The summed E-state index contributed by atoms with van der Waals surface area (Å²) in [6.45, 7) is 8.34. The normalized spacial score (nSPS) is 18.7. The number of rotatable bonds is 6. The summed E-state index contributed by atoms with van der Waals surface area (Å²) in [5, 5.41) is 3.37. The van der Waals surface area contributed by atoms with E-state index in [1.54, 1.807) is 6.92 Å². The zero-order chi connectivity index (χ0) is 19.9. The Bertz CT molecular complexity index is 671. The molecular formula is C22H34ClN3O3. The Hall–Kier alpha value is -1.79. The molecule has 1 N–H and O–H groups in total. The first kappa shape index (κ1) is 23.5. The van der Waals surface area contributed by atoms with Gasteiger partial charge in [0.1, 0.15) is 5.75 Å². The van der Waals surface area contributed by atoms with Gasteiger partial charge in [-0.05, 0) is 69.8 Å². The molecule has 0 bridgehead atoms. The number of hydrogen-bond donors (Lipinski definition) is 1. The molecule has 0 saturated carbocycles. The maximum absolute atomic E-state index is 12.7. The van der Waals surface area contributed by atoms with Gasteiger partial charge in [0.2, 0.25) is 5.91 Å². The van der Waals surface area contributed by atoms with E-state index in [0.29, 0.717) is 44.3 Å². The molecule has 6 nitrogen and oxygen atoms in total. The Kier molecular flexibility index (Phi) is 9.24. The molecule has 29 heavy (non-hydrogen) atoms. The third-order valence-electron chi connectivity index (χ3n) is 5.82. The summed E-state index contributed by atoms with van der Waals surface area (Å²) in [7, 11) is 0. The molecule has 1 aromatic rings. The van der Waals surface area contributed by atoms with Crippen LogP contribution in [0.5, 0.6) is 5.75 Å². The quantitative estimate of drug-likeness (QED) is 0.764. The molecule has 0 aliphatic carbocycles. The molecule has 1 unspecified atom stereocenters. The van der Waals surface area contributed by atoms with E-state index < -0.39 is 6.10 Å². The molecule has 7 heteroatoms. The minimum Gasteiger partial charge on any atom is -0.481 e. The van der Waals surface area contributed by atoms with E-state index >= 15 is 0 Å². The lowest BCUT2D eigenvalue weighted by atomic mass is 9.93. The molecule has 2 saturated heterocycles. The van der Waals surface area contributed by atoms with Gasteiger partial charge in [-0.15, -0.1) is 12.4 Å². The molecule has 0 aromatic heterocycles. The highest BCUT2D eigenvalue weighted by Crippen LogP contribution is 2.19. The molecular weight excluding hydrogens is 390 g/mol. The summed E-state index contributed by atoms with van der Waals surface area (Å²) in [5.74, 6) is 1.61. The maximum Gasteiger partial charge on any atom is 0.263 e. The van der Waals surface area contributed by atoms with Gasteiger partial charge >= 0.3 is 0 Å². The number of nitrogens with zero attached hydrogens (tertiary/aromatic N) is 2. The topological polar surface area (TPSA) is 61.9 Å². The fourth-order valence-electron chi connectivity index (χ4n) is 4.03. The summed E-state index contributed by atoms with van der Waals surface area (Å²) in [4.78, 5) is 28.9. The average Bonchev–Trinajstić information content (AvgIpc) is 2.72. The van der Waals surface area contributed by atoms with Gasteiger partial charge < -0.3 is 19.9 Å². The van der Waals surface area contributed by atoms with Gasteiger partial charge in [0.25, 0.3) is 5.91 Å². The third-order valence-corrected chi connectivity index (χ3v) is 5.82. The molecule has 2 amide bonds. The van der Waals surface area contributed by atoms with Crippen molar-refractivity contribution < 1.29 is 14.3 Å². The van der Waals surface area contributed by atoms with Gasteiger partial charge in [0.15, 0.2) is 6.10 Å². The first-order valence-corrected chi connectivity index (χ1v) is 10.5. The monoisotopic (exact) mass is 423 g/mol. The Morgan fingerprint density at radius 1 is 1.14 bits per heavy atom. The lowest BCUT2D eigenvalue weighted by Crippen LogP contribution is -2.53. The van der Waals surface area contributed by atoms with Crippen molar-refractivity contribution in [2.24, 2.45) is 5.92 Å². The third kappa shape index (κ3) is 6.89. The zero-order valence-electron chi connectivity index (χ0n) is 17.6. The fraction of sp³-hybridized carbons (Fsp3) is 0.636. The lowest BCUT2D eigenvalue weighted by molar-refractivity contribution is -0.143. The van der Waals surface area contributed by atoms with Crippen LogP contribution in [0.4, 0.5) is 0 Å². The second kappa shape index (κ2) is 11.4. The summed E-state index contributed by atoms with van der Waals surface area (Å²) < 4.78 is 5.81. The molecule has 0 spiro atoms. The minimum atomic E-state index is -0.524.